The third kappa shape index (κ3) is 5.69. The van der Waals surface area contributed by atoms with E-state index in [2.05, 4.69) is 10.1 Å². The summed E-state index contributed by atoms with van der Waals surface area (Å²) in [5.41, 5.74) is 0.406. The summed E-state index contributed by atoms with van der Waals surface area (Å²) in [5, 5.41) is 5.18. The fraction of sp³-hybridized carbons (Fsp3) is 0.100. The van der Waals surface area contributed by atoms with Crippen LogP contribution in [0.15, 0.2) is 101 Å². The molecule has 5 rings (SSSR count). The molecular formula is C30H21ClF3N3O3. The highest BCUT2D eigenvalue weighted by Gasteiger charge is 2.31. The fourth-order valence-corrected chi connectivity index (χ4v) is 4.22. The quantitative estimate of drug-likeness (QED) is 0.196. The van der Waals surface area contributed by atoms with E-state index in [-0.39, 0.29) is 23.4 Å². The Hall–Kier alpha value is -4.63. The third-order valence-electron chi connectivity index (χ3n) is 6.05. The molecule has 10 heteroatoms. The number of fused-ring (bicyclic) bond motifs is 1. The Kier molecular flexibility index (Phi) is 7.57. The van der Waals surface area contributed by atoms with E-state index in [0.717, 1.165) is 22.4 Å². The topological polar surface area (TPSA) is 65.7 Å². The van der Waals surface area contributed by atoms with Gasteiger partial charge >= 0.3 is 6.18 Å². The van der Waals surface area contributed by atoms with Gasteiger partial charge in [-0.25, -0.2) is 4.98 Å². The predicted octanol–water partition coefficient (Wildman–Crippen LogP) is 7.21. The van der Waals surface area contributed by atoms with Crippen LogP contribution in [0.4, 0.5) is 13.2 Å². The smallest absolute Gasteiger partial charge is 0.416 e. The lowest BCUT2D eigenvalue weighted by molar-refractivity contribution is -0.137. The average Bonchev–Trinajstić information content (AvgIpc) is 2.96. The maximum Gasteiger partial charge on any atom is 0.416 e. The normalized spacial score (nSPS) is 11.7. The second-order valence-corrected chi connectivity index (χ2v) is 9.09. The molecular weight excluding hydrogens is 543 g/mol. The molecule has 0 spiro atoms. The van der Waals surface area contributed by atoms with Crippen LogP contribution in [0.3, 0.4) is 0 Å². The molecule has 202 valence electrons. The minimum Gasteiger partial charge on any atom is -0.493 e. The maximum atomic E-state index is 13.4. The lowest BCUT2D eigenvalue weighted by Crippen LogP contribution is -2.20. The van der Waals surface area contributed by atoms with Crippen LogP contribution in [0, 0.1) is 0 Å². The van der Waals surface area contributed by atoms with E-state index in [9.17, 15) is 18.0 Å². The summed E-state index contributed by atoms with van der Waals surface area (Å²) in [7, 11) is 1.49. The van der Waals surface area contributed by atoms with Crippen molar-refractivity contribution in [2.75, 3.05) is 7.11 Å². The molecule has 0 aliphatic heterocycles. The zero-order chi connectivity index (χ0) is 28.3. The Labute approximate surface area is 231 Å². The van der Waals surface area contributed by atoms with Crippen molar-refractivity contribution in [1.29, 1.82) is 0 Å². The number of alkyl halides is 3. The van der Waals surface area contributed by atoms with Crippen LogP contribution in [-0.2, 0) is 12.8 Å². The zero-order valence-corrected chi connectivity index (χ0v) is 21.8. The van der Waals surface area contributed by atoms with Crippen molar-refractivity contribution in [3.63, 3.8) is 0 Å². The van der Waals surface area contributed by atoms with Crippen molar-refractivity contribution >= 4 is 28.7 Å². The van der Waals surface area contributed by atoms with Gasteiger partial charge in [0.15, 0.2) is 17.3 Å². The Morgan fingerprint density at radius 3 is 2.50 bits per heavy atom. The molecule has 6 nitrogen and oxygen atoms in total. The molecule has 0 aliphatic rings. The van der Waals surface area contributed by atoms with Crippen molar-refractivity contribution < 1.29 is 22.6 Å². The van der Waals surface area contributed by atoms with Crippen molar-refractivity contribution in [3.8, 4) is 22.9 Å². The number of hydrogen-bond acceptors (Lipinski definition) is 5. The zero-order valence-electron chi connectivity index (χ0n) is 21.0. The molecule has 4 aromatic carbocycles. The highest BCUT2D eigenvalue weighted by Crippen LogP contribution is 2.32. The summed E-state index contributed by atoms with van der Waals surface area (Å²) in [6.07, 6.45) is -3.16. The highest BCUT2D eigenvalue weighted by atomic mass is 35.5. The van der Waals surface area contributed by atoms with Crippen LogP contribution in [0.5, 0.6) is 11.5 Å². The minimum absolute atomic E-state index is 0.0299. The van der Waals surface area contributed by atoms with Crippen molar-refractivity contribution in [3.05, 3.63) is 123 Å². The first-order chi connectivity index (χ1) is 19.2. The van der Waals surface area contributed by atoms with E-state index in [0.29, 0.717) is 27.6 Å². The Morgan fingerprint density at radius 1 is 0.950 bits per heavy atom. The first-order valence-electron chi connectivity index (χ1n) is 12.0. The van der Waals surface area contributed by atoms with Crippen LogP contribution < -0.4 is 15.0 Å². The van der Waals surface area contributed by atoms with Crippen LogP contribution in [0.1, 0.15) is 16.7 Å². The molecule has 0 saturated heterocycles. The van der Waals surface area contributed by atoms with Crippen LogP contribution in [0.2, 0.25) is 5.02 Å². The summed E-state index contributed by atoms with van der Waals surface area (Å²) in [6.45, 7) is 0.224. The van der Waals surface area contributed by atoms with Crippen LogP contribution in [0.25, 0.3) is 22.3 Å². The van der Waals surface area contributed by atoms with E-state index in [4.69, 9.17) is 21.1 Å². The van der Waals surface area contributed by atoms with E-state index >= 15 is 0 Å². The van der Waals surface area contributed by atoms with E-state index < -0.39 is 17.3 Å². The van der Waals surface area contributed by atoms with Crippen LogP contribution in [-0.4, -0.2) is 23.0 Å². The van der Waals surface area contributed by atoms with E-state index in [1.807, 2.05) is 18.2 Å². The number of ether oxygens (including phenoxy) is 2. The number of nitrogens with zero attached hydrogens (tertiary/aromatic N) is 3. The molecule has 1 aromatic heterocycles. The lowest BCUT2D eigenvalue weighted by atomic mass is 10.1. The monoisotopic (exact) mass is 563 g/mol. The number of aromatic nitrogens is 2. The number of para-hydroxylation sites is 1. The Morgan fingerprint density at radius 2 is 1.73 bits per heavy atom. The molecule has 0 aliphatic carbocycles. The number of rotatable bonds is 7. The molecule has 1 heterocycles. The summed E-state index contributed by atoms with van der Waals surface area (Å²) >= 11 is 6.21. The summed E-state index contributed by atoms with van der Waals surface area (Å²) in [4.78, 5) is 17.9. The van der Waals surface area contributed by atoms with Gasteiger partial charge in [0, 0.05) is 16.1 Å². The second kappa shape index (κ2) is 11.2. The van der Waals surface area contributed by atoms with Gasteiger partial charge in [0.1, 0.15) is 6.61 Å². The lowest BCUT2D eigenvalue weighted by Gasteiger charge is -2.13. The maximum absolute atomic E-state index is 13.4. The summed E-state index contributed by atoms with van der Waals surface area (Å²) in [5.74, 6) is 0.851. The average molecular weight is 564 g/mol. The Bertz CT molecular complexity index is 1780. The van der Waals surface area contributed by atoms with Gasteiger partial charge in [0.2, 0.25) is 0 Å². The second-order valence-electron chi connectivity index (χ2n) is 8.68. The van der Waals surface area contributed by atoms with Crippen molar-refractivity contribution in [1.82, 2.24) is 9.66 Å². The third-order valence-corrected chi connectivity index (χ3v) is 6.42. The van der Waals surface area contributed by atoms with Gasteiger partial charge in [-0.1, -0.05) is 54.1 Å². The molecule has 0 atom stereocenters. The standard InChI is InChI=1S/C30H21ClF3N3O3/c1-39-27-15-19(13-14-26(27)40-18-21-7-2-4-11-24(21)31)17-35-37-28(20-8-6-9-22(16-20)30(32,33)34)36-25-12-5-3-10-23(25)29(37)38/h2-17H,18H2,1H3. The largest absolute Gasteiger partial charge is 0.493 e. The number of halogens is 4. The number of hydrogen-bond donors (Lipinski definition) is 0. The Balaban J connectivity index is 1.52. The highest BCUT2D eigenvalue weighted by molar-refractivity contribution is 6.31. The number of methoxy groups -OCH3 is 1. The van der Waals surface area contributed by atoms with Gasteiger partial charge in [-0.15, -0.1) is 0 Å². The summed E-state index contributed by atoms with van der Waals surface area (Å²) < 4.78 is 52.6. The molecule has 0 fully saturated rings. The molecule has 0 N–H and O–H groups in total. The van der Waals surface area contributed by atoms with Crippen molar-refractivity contribution in [2.45, 2.75) is 12.8 Å². The fourth-order valence-electron chi connectivity index (χ4n) is 4.03. The van der Waals surface area contributed by atoms with Gasteiger partial charge in [-0.05, 0) is 54.1 Å². The van der Waals surface area contributed by atoms with E-state index in [1.54, 1.807) is 48.5 Å². The van der Waals surface area contributed by atoms with Crippen molar-refractivity contribution in [2.24, 2.45) is 5.10 Å². The predicted molar refractivity (Wildman–Crippen MR) is 148 cm³/mol. The molecule has 0 radical (unpaired) electrons. The van der Waals surface area contributed by atoms with Crippen LogP contribution >= 0.6 is 11.6 Å². The molecule has 0 unspecified atom stereocenters. The van der Waals surface area contributed by atoms with Gasteiger partial charge in [0.25, 0.3) is 5.56 Å². The van der Waals surface area contributed by atoms with Gasteiger partial charge < -0.3 is 9.47 Å². The molecule has 0 bridgehead atoms. The molecule has 5 aromatic rings. The summed E-state index contributed by atoms with van der Waals surface area (Å²) in [6, 6.07) is 23.6. The molecule has 0 amide bonds. The molecule has 0 saturated carbocycles. The molecule has 40 heavy (non-hydrogen) atoms. The van der Waals surface area contributed by atoms with Gasteiger partial charge in [0.05, 0.1) is 29.8 Å². The number of benzene rings is 4. The first kappa shape index (κ1) is 27.0. The van der Waals surface area contributed by atoms with Gasteiger partial charge in [-0.3, -0.25) is 4.79 Å². The van der Waals surface area contributed by atoms with E-state index in [1.165, 1.54) is 25.5 Å². The SMILES string of the molecule is COc1cc(C=Nn2c(-c3cccc(C(F)(F)F)c3)nc3ccccc3c2=O)ccc1OCc1ccccc1Cl. The minimum atomic E-state index is -4.56. The first-order valence-corrected chi connectivity index (χ1v) is 12.4. The van der Waals surface area contributed by atoms with Gasteiger partial charge in [-0.2, -0.15) is 22.9 Å².